The summed E-state index contributed by atoms with van der Waals surface area (Å²) in [4.78, 5) is 38.0. The molecule has 1 aromatic carbocycles. The van der Waals surface area contributed by atoms with Crippen molar-refractivity contribution in [2.24, 2.45) is 4.99 Å². The number of hydrogen-bond donors (Lipinski definition) is 0. The number of fused-ring (bicyclic) bond motifs is 3. The van der Waals surface area contributed by atoms with Gasteiger partial charge in [0.1, 0.15) is 0 Å². The van der Waals surface area contributed by atoms with Crippen molar-refractivity contribution in [3.05, 3.63) is 40.7 Å². The predicted molar refractivity (Wildman–Crippen MR) is 115 cm³/mol. The number of anilines is 1. The predicted octanol–water partition coefficient (Wildman–Crippen LogP) is 2.67. The van der Waals surface area contributed by atoms with Gasteiger partial charge in [0.25, 0.3) is 5.91 Å². The lowest BCUT2D eigenvalue weighted by Gasteiger charge is -2.40. The summed E-state index contributed by atoms with van der Waals surface area (Å²) in [5, 5.41) is 0. The van der Waals surface area contributed by atoms with Gasteiger partial charge >= 0.3 is 6.03 Å². The smallest absolute Gasteiger partial charge is 0.328 e. The van der Waals surface area contributed by atoms with Crippen LogP contribution in [0.2, 0.25) is 0 Å². The minimum Gasteiger partial charge on any atom is -0.380 e. The van der Waals surface area contributed by atoms with E-state index in [4.69, 9.17) is 9.73 Å². The Hall–Kier alpha value is -2.87. The number of hydrogen-bond acceptors (Lipinski definition) is 6. The second kappa shape index (κ2) is 7.43. The van der Waals surface area contributed by atoms with Crippen LogP contribution in [-0.2, 0) is 9.53 Å². The number of aliphatic imine (C=N–C) groups is 1. The molecule has 3 heterocycles. The standard InChI is InChI=1S/C22H29N5O3/c1-7-30-9-8-25-20(28)18-19(24(6)22(25)29)23-21-26(15(4)16(5)27(18)21)17-11-13(2)10-14(3)12-17/h10-12,18-19H,7-9H2,1-6H3. The second-order valence-electron chi connectivity index (χ2n) is 8.09. The Morgan fingerprint density at radius 3 is 2.33 bits per heavy atom. The van der Waals surface area contributed by atoms with Gasteiger partial charge in [0, 0.05) is 30.7 Å². The van der Waals surface area contributed by atoms with Crippen molar-refractivity contribution in [2.45, 2.75) is 46.8 Å². The zero-order chi connectivity index (χ0) is 21.7. The Bertz CT molecular complexity index is 949. The molecule has 3 amide bonds. The zero-order valence-electron chi connectivity index (χ0n) is 18.5. The molecule has 1 aromatic rings. The number of ether oxygens (including phenoxy) is 1. The molecular formula is C22H29N5O3. The number of nitrogens with zero attached hydrogens (tertiary/aromatic N) is 5. The Labute approximate surface area is 177 Å². The molecular weight excluding hydrogens is 382 g/mol. The van der Waals surface area contributed by atoms with Crippen molar-refractivity contribution in [1.29, 1.82) is 0 Å². The van der Waals surface area contributed by atoms with Crippen molar-refractivity contribution in [2.75, 3.05) is 31.7 Å². The van der Waals surface area contributed by atoms with Gasteiger partial charge in [0.2, 0.25) is 5.96 Å². The molecule has 160 valence electrons. The lowest BCUT2D eigenvalue weighted by atomic mass is 10.1. The van der Waals surface area contributed by atoms with E-state index >= 15 is 0 Å². The number of carbonyl (C=O) groups excluding carboxylic acids is 2. The molecule has 0 aromatic heterocycles. The minimum atomic E-state index is -0.560. The molecule has 0 bridgehead atoms. The Morgan fingerprint density at radius 1 is 1.03 bits per heavy atom. The van der Waals surface area contributed by atoms with E-state index in [-0.39, 0.29) is 18.5 Å². The number of imide groups is 1. The largest absolute Gasteiger partial charge is 0.380 e. The normalized spacial score (nSPS) is 23.5. The van der Waals surface area contributed by atoms with Gasteiger partial charge in [0.05, 0.1) is 13.2 Å². The molecule has 8 heteroatoms. The fraction of sp³-hybridized carbons (Fsp3) is 0.500. The highest BCUT2D eigenvalue weighted by molar-refractivity contribution is 6.10. The van der Waals surface area contributed by atoms with Crippen LogP contribution in [0.5, 0.6) is 0 Å². The summed E-state index contributed by atoms with van der Waals surface area (Å²) in [6, 6.07) is 5.47. The first-order chi connectivity index (χ1) is 14.3. The van der Waals surface area contributed by atoms with E-state index in [0.717, 1.165) is 28.2 Å². The molecule has 30 heavy (non-hydrogen) atoms. The van der Waals surface area contributed by atoms with E-state index in [1.165, 1.54) is 4.90 Å². The van der Waals surface area contributed by atoms with E-state index in [1.807, 2.05) is 25.7 Å². The molecule has 1 saturated heterocycles. The molecule has 2 atom stereocenters. The van der Waals surface area contributed by atoms with Gasteiger partial charge < -0.3 is 9.64 Å². The van der Waals surface area contributed by atoms with Gasteiger partial charge in [-0.25, -0.2) is 9.79 Å². The van der Waals surface area contributed by atoms with Crippen LogP contribution in [0.1, 0.15) is 31.9 Å². The SMILES string of the molecule is CCOCCN1C(=O)C2C(N=C3N(c4cc(C)cc(C)c4)C(C)=C(C)N32)N(C)C1=O. The van der Waals surface area contributed by atoms with Crippen molar-refractivity contribution >= 4 is 23.6 Å². The number of carbonyl (C=O) groups is 2. The van der Waals surface area contributed by atoms with Crippen LogP contribution in [0.3, 0.4) is 0 Å². The monoisotopic (exact) mass is 411 g/mol. The third-order valence-electron chi connectivity index (χ3n) is 6.02. The molecule has 0 aliphatic carbocycles. The number of benzene rings is 1. The lowest BCUT2D eigenvalue weighted by molar-refractivity contribution is -0.137. The van der Waals surface area contributed by atoms with Gasteiger partial charge in [-0.1, -0.05) is 6.07 Å². The van der Waals surface area contributed by atoms with Crippen LogP contribution in [0.25, 0.3) is 0 Å². The topological polar surface area (TPSA) is 68.7 Å². The Morgan fingerprint density at radius 2 is 1.70 bits per heavy atom. The van der Waals surface area contributed by atoms with E-state index in [0.29, 0.717) is 19.2 Å². The maximum atomic E-state index is 13.4. The summed E-state index contributed by atoms with van der Waals surface area (Å²) in [6.07, 6.45) is -0.542. The molecule has 0 saturated carbocycles. The molecule has 3 aliphatic heterocycles. The summed E-state index contributed by atoms with van der Waals surface area (Å²) >= 11 is 0. The van der Waals surface area contributed by atoms with E-state index < -0.39 is 12.2 Å². The maximum absolute atomic E-state index is 13.4. The van der Waals surface area contributed by atoms with Gasteiger partial charge in [-0.2, -0.15) is 0 Å². The van der Waals surface area contributed by atoms with Crippen molar-refractivity contribution < 1.29 is 14.3 Å². The Balaban J connectivity index is 1.72. The summed E-state index contributed by atoms with van der Waals surface area (Å²) in [7, 11) is 1.71. The summed E-state index contributed by atoms with van der Waals surface area (Å²) in [6.45, 7) is 11.2. The molecule has 4 rings (SSSR count). The first-order valence-corrected chi connectivity index (χ1v) is 10.3. The second-order valence-corrected chi connectivity index (χ2v) is 8.09. The molecule has 0 N–H and O–H groups in total. The highest BCUT2D eigenvalue weighted by Gasteiger charge is 2.55. The maximum Gasteiger partial charge on any atom is 0.328 e. The van der Waals surface area contributed by atoms with Crippen LogP contribution in [0, 0.1) is 13.8 Å². The highest BCUT2D eigenvalue weighted by atomic mass is 16.5. The Kier molecular flexibility index (Phi) is 5.05. The quantitative estimate of drug-likeness (QED) is 0.697. The van der Waals surface area contributed by atoms with E-state index in [2.05, 4.69) is 36.9 Å². The number of rotatable bonds is 5. The van der Waals surface area contributed by atoms with Gasteiger partial charge in [-0.3, -0.25) is 19.5 Å². The molecule has 8 nitrogen and oxygen atoms in total. The van der Waals surface area contributed by atoms with Crippen molar-refractivity contribution in [3.8, 4) is 0 Å². The molecule has 1 fully saturated rings. The van der Waals surface area contributed by atoms with E-state index in [9.17, 15) is 9.59 Å². The van der Waals surface area contributed by atoms with Gasteiger partial charge in [-0.05, 0) is 57.9 Å². The zero-order valence-corrected chi connectivity index (χ0v) is 18.5. The van der Waals surface area contributed by atoms with Crippen LogP contribution < -0.4 is 4.90 Å². The lowest BCUT2D eigenvalue weighted by Crippen LogP contribution is -2.65. The molecule has 0 spiro atoms. The molecule has 3 aliphatic rings. The molecule has 2 unspecified atom stereocenters. The third-order valence-corrected chi connectivity index (χ3v) is 6.02. The number of allylic oxidation sites excluding steroid dienone is 2. The number of aryl methyl sites for hydroxylation is 2. The summed E-state index contributed by atoms with van der Waals surface area (Å²) in [5.74, 6) is 0.473. The first kappa shape index (κ1) is 20.4. The van der Waals surface area contributed by atoms with Crippen molar-refractivity contribution in [1.82, 2.24) is 14.7 Å². The van der Waals surface area contributed by atoms with E-state index in [1.54, 1.807) is 11.9 Å². The first-order valence-electron chi connectivity index (χ1n) is 10.3. The van der Waals surface area contributed by atoms with Crippen molar-refractivity contribution in [3.63, 3.8) is 0 Å². The average Bonchev–Trinajstić information content (AvgIpc) is 3.18. The van der Waals surface area contributed by atoms with Crippen LogP contribution in [0.4, 0.5) is 10.5 Å². The number of urea groups is 1. The third kappa shape index (κ3) is 2.98. The molecule has 0 radical (unpaired) electrons. The van der Waals surface area contributed by atoms with Crippen LogP contribution in [-0.4, -0.2) is 71.6 Å². The highest BCUT2D eigenvalue weighted by Crippen LogP contribution is 2.40. The minimum absolute atomic E-state index is 0.226. The summed E-state index contributed by atoms with van der Waals surface area (Å²) < 4.78 is 5.38. The van der Waals surface area contributed by atoms with Crippen LogP contribution in [0.15, 0.2) is 34.6 Å². The number of amides is 3. The fourth-order valence-corrected chi connectivity index (χ4v) is 4.51. The number of guanidine groups is 1. The fourth-order valence-electron chi connectivity index (χ4n) is 4.51. The average molecular weight is 412 g/mol. The number of likely N-dealkylation sites (N-methyl/N-ethyl adjacent to an activating group) is 1. The summed E-state index contributed by atoms with van der Waals surface area (Å²) in [5.41, 5.74) is 5.34. The van der Waals surface area contributed by atoms with Gasteiger partial charge in [0.15, 0.2) is 12.2 Å². The van der Waals surface area contributed by atoms with Gasteiger partial charge in [-0.15, -0.1) is 0 Å². The van der Waals surface area contributed by atoms with Crippen LogP contribution >= 0.6 is 0 Å².